The van der Waals surface area contributed by atoms with Gasteiger partial charge in [-0.2, -0.15) is 0 Å². The van der Waals surface area contributed by atoms with Gasteiger partial charge in [0.15, 0.2) is 0 Å². The Hall–Kier alpha value is -1.71. The number of benzene rings is 1. The standard InChI is InChI=1S/C14H11BrN2O4S2/c15-9-3-1-2-8(4-9)5-10-13(21)17(14(22)23-10)7-11(18)16-6-12(19)20/h1-5H,6-7H2,(H,16,18)(H,19,20)/b10-5-. The second kappa shape index (κ2) is 7.71. The summed E-state index contributed by atoms with van der Waals surface area (Å²) in [5.41, 5.74) is 0.829. The van der Waals surface area contributed by atoms with Crippen LogP contribution in [0.15, 0.2) is 33.6 Å². The number of hydrogen-bond donors (Lipinski definition) is 2. The molecule has 0 atom stereocenters. The molecule has 1 heterocycles. The number of nitrogens with zero attached hydrogens (tertiary/aromatic N) is 1. The minimum Gasteiger partial charge on any atom is -0.480 e. The predicted molar refractivity (Wildman–Crippen MR) is 94.7 cm³/mol. The molecule has 0 radical (unpaired) electrons. The Kier molecular flexibility index (Phi) is 5.91. The molecule has 0 saturated carbocycles. The number of carboxylic acid groups (broad SMARTS) is 1. The lowest BCUT2D eigenvalue weighted by molar-refractivity contribution is -0.138. The van der Waals surface area contributed by atoms with Gasteiger partial charge in [-0.3, -0.25) is 19.3 Å². The first-order valence-electron chi connectivity index (χ1n) is 6.36. The summed E-state index contributed by atoms with van der Waals surface area (Å²) in [5.74, 6) is -2.10. The van der Waals surface area contributed by atoms with Gasteiger partial charge in [-0.1, -0.05) is 52.0 Å². The number of nitrogens with one attached hydrogen (secondary N) is 1. The molecule has 2 rings (SSSR count). The lowest BCUT2D eigenvalue weighted by Gasteiger charge is -2.13. The third-order valence-electron chi connectivity index (χ3n) is 2.76. The van der Waals surface area contributed by atoms with Crippen LogP contribution in [-0.4, -0.2) is 45.2 Å². The van der Waals surface area contributed by atoms with E-state index in [1.54, 1.807) is 6.08 Å². The van der Waals surface area contributed by atoms with Crippen molar-refractivity contribution in [2.75, 3.05) is 13.1 Å². The van der Waals surface area contributed by atoms with Crippen molar-refractivity contribution >= 4 is 68.1 Å². The molecule has 6 nitrogen and oxygen atoms in total. The number of carbonyl (C=O) groups is 3. The van der Waals surface area contributed by atoms with Crippen molar-refractivity contribution in [1.29, 1.82) is 0 Å². The second-order valence-electron chi connectivity index (χ2n) is 4.49. The highest BCUT2D eigenvalue weighted by atomic mass is 79.9. The van der Waals surface area contributed by atoms with Crippen molar-refractivity contribution in [2.24, 2.45) is 0 Å². The topological polar surface area (TPSA) is 86.7 Å². The van der Waals surface area contributed by atoms with Gasteiger partial charge in [-0.15, -0.1) is 0 Å². The average Bonchev–Trinajstić information content (AvgIpc) is 2.73. The van der Waals surface area contributed by atoms with Gasteiger partial charge in [0.2, 0.25) is 5.91 Å². The number of halogens is 1. The minimum atomic E-state index is -1.15. The Morgan fingerprint density at radius 1 is 1.43 bits per heavy atom. The zero-order chi connectivity index (χ0) is 17.0. The van der Waals surface area contributed by atoms with Crippen LogP contribution in [0.25, 0.3) is 6.08 Å². The number of carboxylic acids is 1. The predicted octanol–water partition coefficient (Wildman–Crippen LogP) is 1.85. The van der Waals surface area contributed by atoms with Crippen molar-refractivity contribution in [3.63, 3.8) is 0 Å². The molecule has 0 bridgehead atoms. The molecule has 2 amide bonds. The highest BCUT2D eigenvalue weighted by Gasteiger charge is 2.33. The van der Waals surface area contributed by atoms with Crippen LogP contribution >= 0.6 is 39.9 Å². The van der Waals surface area contributed by atoms with E-state index in [9.17, 15) is 14.4 Å². The fourth-order valence-corrected chi connectivity index (χ4v) is 3.43. The summed E-state index contributed by atoms with van der Waals surface area (Å²) in [6, 6.07) is 7.41. The maximum atomic E-state index is 12.3. The molecule has 9 heteroatoms. The number of amides is 2. The average molecular weight is 415 g/mol. The van der Waals surface area contributed by atoms with Crippen LogP contribution in [0.5, 0.6) is 0 Å². The van der Waals surface area contributed by atoms with Crippen LogP contribution in [0, 0.1) is 0 Å². The minimum absolute atomic E-state index is 0.265. The summed E-state index contributed by atoms with van der Waals surface area (Å²) in [6.45, 7) is -0.796. The molecule has 1 saturated heterocycles. The Labute approximate surface area is 150 Å². The number of thiocarbonyl (C=S) groups is 1. The van der Waals surface area contributed by atoms with Crippen molar-refractivity contribution in [2.45, 2.75) is 0 Å². The summed E-state index contributed by atoms with van der Waals surface area (Å²) < 4.78 is 1.15. The lowest BCUT2D eigenvalue weighted by Crippen LogP contribution is -2.41. The number of rotatable bonds is 5. The molecule has 1 aromatic carbocycles. The van der Waals surface area contributed by atoms with Gasteiger partial charge >= 0.3 is 5.97 Å². The Balaban J connectivity index is 2.08. The monoisotopic (exact) mass is 414 g/mol. The van der Waals surface area contributed by atoms with Crippen LogP contribution in [0.1, 0.15) is 5.56 Å². The summed E-state index contributed by atoms with van der Waals surface area (Å²) in [7, 11) is 0. The summed E-state index contributed by atoms with van der Waals surface area (Å²) in [5, 5.41) is 10.7. The van der Waals surface area contributed by atoms with Crippen molar-refractivity contribution in [1.82, 2.24) is 10.2 Å². The van der Waals surface area contributed by atoms with Crippen molar-refractivity contribution in [3.05, 3.63) is 39.2 Å². The SMILES string of the molecule is O=C(O)CNC(=O)CN1C(=O)/C(=C/c2cccc(Br)c2)SC1=S. The molecule has 0 aliphatic carbocycles. The van der Waals surface area contributed by atoms with E-state index in [0.29, 0.717) is 4.91 Å². The largest absolute Gasteiger partial charge is 0.480 e. The number of aliphatic carboxylic acids is 1. The van der Waals surface area contributed by atoms with E-state index in [2.05, 4.69) is 21.2 Å². The highest BCUT2D eigenvalue weighted by Crippen LogP contribution is 2.32. The van der Waals surface area contributed by atoms with Gasteiger partial charge < -0.3 is 10.4 Å². The van der Waals surface area contributed by atoms with Gasteiger partial charge in [0.05, 0.1) is 4.91 Å². The molecular weight excluding hydrogens is 404 g/mol. The van der Waals surface area contributed by atoms with E-state index < -0.39 is 18.4 Å². The van der Waals surface area contributed by atoms with Gasteiger partial charge in [0.25, 0.3) is 5.91 Å². The zero-order valence-electron chi connectivity index (χ0n) is 11.6. The molecule has 0 unspecified atom stereocenters. The maximum absolute atomic E-state index is 12.3. The molecule has 1 aromatic rings. The number of carbonyl (C=O) groups excluding carboxylic acids is 2. The second-order valence-corrected chi connectivity index (χ2v) is 7.08. The molecule has 1 aliphatic heterocycles. The fourth-order valence-electron chi connectivity index (χ4n) is 1.76. The molecule has 1 fully saturated rings. The Morgan fingerprint density at radius 3 is 2.83 bits per heavy atom. The number of hydrogen-bond acceptors (Lipinski definition) is 5. The molecule has 23 heavy (non-hydrogen) atoms. The van der Waals surface area contributed by atoms with Crippen LogP contribution in [0.3, 0.4) is 0 Å². The number of thioether (sulfide) groups is 1. The summed E-state index contributed by atoms with van der Waals surface area (Å²) >= 11 is 9.57. The van der Waals surface area contributed by atoms with E-state index in [0.717, 1.165) is 26.7 Å². The van der Waals surface area contributed by atoms with Gasteiger partial charge in [-0.05, 0) is 23.8 Å². The Morgan fingerprint density at radius 2 is 2.17 bits per heavy atom. The zero-order valence-corrected chi connectivity index (χ0v) is 14.8. The summed E-state index contributed by atoms with van der Waals surface area (Å²) in [4.78, 5) is 35.9. The molecule has 120 valence electrons. The van der Waals surface area contributed by atoms with E-state index >= 15 is 0 Å². The van der Waals surface area contributed by atoms with Crippen LogP contribution in [0.4, 0.5) is 0 Å². The smallest absolute Gasteiger partial charge is 0.322 e. The van der Waals surface area contributed by atoms with Crippen molar-refractivity contribution < 1.29 is 19.5 Å². The first kappa shape index (κ1) is 17.6. The van der Waals surface area contributed by atoms with Gasteiger partial charge in [0, 0.05) is 4.47 Å². The Bertz CT molecular complexity index is 720. The first-order valence-corrected chi connectivity index (χ1v) is 8.38. The third-order valence-corrected chi connectivity index (χ3v) is 4.63. The fraction of sp³-hybridized carbons (Fsp3) is 0.143. The van der Waals surface area contributed by atoms with Gasteiger partial charge in [-0.25, -0.2) is 0 Å². The molecule has 0 spiro atoms. The van der Waals surface area contributed by atoms with Crippen LogP contribution < -0.4 is 5.32 Å². The van der Waals surface area contributed by atoms with E-state index in [4.69, 9.17) is 17.3 Å². The van der Waals surface area contributed by atoms with E-state index in [-0.39, 0.29) is 16.8 Å². The van der Waals surface area contributed by atoms with E-state index in [1.165, 1.54) is 0 Å². The summed E-state index contributed by atoms with van der Waals surface area (Å²) in [6.07, 6.45) is 1.69. The van der Waals surface area contributed by atoms with E-state index in [1.807, 2.05) is 24.3 Å². The van der Waals surface area contributed by atoms with Gasteiger partial charge in [0.1, 0.15) is 17.4 Å². The maximum Gasteiger partial charge on any atom is 0.322 e. The lowest BCUT2D eigenvalue weighted by atomic mass is 10.2. The normalized spacial score (nSPS) is 16.0. The van der Waals surface area contributed by atoms with Crippen LogP contribution in [0.2, 0.25) is 0 Å². The molecular formula is C14H11BrN2O4S2. The molecule has 1 aliphatic rings. The molecule has 0 aromatic heterocycles. The first-order chi connectivity index (χ1) is 10.9. The van der Waals surface area contributed by atoms with Crippen molar-refractivity contribution in [3.8, 4) is 0 Å². The highest BCUT2D eigenvalue weighted by molar-refractivity contribution is 9.10. The van der Waals surface area contributed by atoms with Crippen LogP contribution in [-0.2, 0) is 14.4 Å². The molecule has 2 N–H and O–H groups in total. The third kappa shape index (κ3) is 4.88. The quantitative estimate of drug-likeness (QED) is 0.564.